The minimum absolute atomic E-state index is 0.0129. The van der Waals surface area contributed by atoms with E-state index in [4.69, 9.17) is 4.74 Å². The predicted molar refractivity (Wildman–Crippen MR) is 164 cm³/mol. The van der Waals surface area contributed by atoms with E-state index in [1.807, 2.05) is 99.7 Å². The van der Waals surface area contributed by atoms with Gasteiger partial charge in [0, 0.05) is 25.0 Å². The fraction of sp³-hybridized carbons (Fsp3) is 0.294. The summed E-state index contributed by atoms with van der Waals surface area (Å²) < 4.78 is 7.90. The van der Waals surface area contributed by atoms with Crippen LogP contribution in [0.15, 0.2) is 78.9 Å². The van der Waals surface area contributed by atoms with Gasteiger partial charge in [-0.3, -0.25) is 9.59 Å². The smallest absolute Gasteiger partial charge is 0.270 e. The number of hydrogen-bond donors (Lipinski definition) is 0. The van der Waals surface area contributed by atoms with Crippen LogP contribution in [0.1, 0.15) is 44.1 Å². The number of hydrogen-bond acceptors (Lipinski definition) is 4. The minimum atomic E-state index is -0.139. The maximum atomic E-state index is 14.3. The number of ether oxygens (including phenoxy) is 1. The summed E-state index contributed by atoms with van der Waals surface area (Å²) in [5.74, 6) is 0.421. The molecule has 1 aromatic heterocycles. The molecule has 0 saturated heterocycles. The van der Waals surface area contributed by atoms with Gasteiger partial charge < -0.3 is 24.0 Å². The molecule has 1 aliphatic heterocycles. The molecular formula is C34H38N4O3. The number of carbonyl (C=O) groups excluding carboxylic acids is 2. The first kappa shape index (κ1) is 28.2. The van der Waals surface area contributed by atoms with Crippen molar-refractivity contribution in [1.82, 2.24) is 14.4 Å². The molecule has 4 aromatic rings. The zero-order chi connectivity index (χ0) is 29.1. The van der Waals surface area contributed by atoms with Crippen molar-refractivity contribution in [2.24, 2.45) is 0 Å². The summed E-state index contributed by atoms with van der Waals surface area (Å²) in [7, 11) is 7.54. The molecule has 0 atom stereocenters. The maximum absolute atomic E-state index is 14.3. The molecule has 0 N–H and O–H groups in total. The lowest BCUT2D eigenvalue weighted by Crippen LogP contribution is -2.32. The lowest BCUT2D eigenvalue weighted by atomic mass is 9.96. The summed E-state index contributed by atoms with van der Waals surface area (Å²) in [6.07, 6.45) is 0.901. The number of fused-ring (bicyclic) bond motifs is 2. The first-order chi connectivity index (χ1) is 19.8. The third kappa shape index (κ3) is 5.63. The molecule has 0 aliphatic carbocycles. The Morgan fingerprint density at radius 3 is 2.32 bits per heavy atom. The van der Waals surface area contributed by atoms with Crippen molar-refractivity contribution in [2.45, 2.75) is 26.4 Å². The second-order valence-corrected chi connectivity index (χ2v) is 10.9. The molecule has 0 saturated carbocycles. The lowest BCUT2D eigenvalue weighted by Gasteiger charge is -2.24. The van der Waals surface area contributed by atoms with Crippen LogP contribution in [-0.4, -0.2) is 67.5 Å². The van der Waals surface area contributed by atoms with Gasteiger partial charge in [-0.05, 0) is 80.5 Å². The topological polar surface area (TPSA) is 58.0 Å². The number of rotatable bonds is 8. The van der Waals surface area contributed by atoms with E-state index >= 15 is 0 Å². The van der Waals surface area contributed by atoms with Gasteiger partial charge in [-0.2, -0.15) is 0 Å². The van der Waals surface area contributed by atoms with E-state index in [9.17, 15) is 9.59 Å². The number of methoxy groups -OCH3 is 1. The van der Waals surface area contributed by atoms with Crippen LogP contribution in [0, 0.1) is 6.92 Å². The second-order valence-electron chi connectivity index (χ2n) is 10.9. The number of anilines is 1. The van der Waals surface area contributed by atoms with Crippen molar-refractivity contribution < 1.29 is 14.3 Å². The zero-order valence-electron chi connectivity index (χ0n) is 24.6. The van der Waals surface area contributed by atoms with Gasteiger partial charge in [0.15, 0.2) is 0 Å². The summed E-state index contributed by atoms with van der Waals surface area (Å²) in [6, 6.07) is 25.8. The lowest BCUT2D eigenvalue weighted by molar-refractivity contribution is 0.0780. The van der Waals surface area contributed by atoms with Crippen LogP contribution in [0.3, 0.4) is 0 Å². The Labute approximate surface area is 242 Å². The van der Waals surface area contributed by atoms with Crippen molar-refractivity contribution in [3.8, 4) is 16.9 Å². The Bertz CT molecular complexity index is 1560. The second kappa shape index (κ2) is 12.0. The van der Waals surface area contributed by atoms with E-state index in [-0.39, 0.29) is 11.8 Å². The molecule has 2 amide bonds. The average molecular weight is 551 g/mol. The van der Waals surface area contributed by atoms with Crippen LogP contribution in [0.5, 0.6) is 5.75 Å². The zero-order valence-corrected chi connectivity index (χ0v) is 24.6. The van der Waals surface area contributed by atoms with Crippen LogP contribution in [0.4, 0.5) is 5.69 Å². The summed E-state index contributed by atoms with van der Waals surface area (Å²) >= 11 is 0. The SMILES string of the molecule is COc1c(C(=O)N2Cc3ccc(C(=O)N(C)CCCN(C)C)n3Cc3ccccc32)ccc(-c2ccccc2)c1C. The minimum Gasteiger partial charge on any atom is -0.496 e. The van der Waals surface area contributed by atoms with Gasteiger partial charge in [-0.1, -0.05) is 54.6 Å². The molecule has 7 heteroatoms. The highest BCUT2D eigenvalue weighted by molar-refractivity contribution is 6.09. The highest BCUT2D eigenvalue weighted by atomic mass is 16.5. The van der Waals surface area contributed by atoms with Crippen LogP contribution >= 0.6 is 0 Å². The molecule has 1 aliphatic rings. The molecule has 41 heavy (non-hydrogen) atoms. The number of benzene rings is 3. The fourth-order valence-corrected chi connectivity index (χ4v) is 5.65. The Kier molecular flexibility index (Phi) is 8.26. The van der Waals surface area contributed by atoms with Crippen molar-refractivity contribution in [3.63, 3.8) is 0 Å². The standard InChI is InChI=1S/C34H38N4O3/c1-24-28(25-12-7-6-8-13-25)17-18-29(32(24)41-5)33(39)38-23-27-16-19-31(34(40)36(4)21-11-20-35(2)3)37(27)22-26-14-9-10-15-30(26)38/h6-10,12-19H,11,20-23H2,1-5H3. The van der Waals surface area contributed by atoms with Crippen LogP contribution in [-0.2, 0) is 13.1 Å². The van der Waals surface area contributed by atoms with E-state index in [1.165, 1.54) is 0 Å². The highest BCUT2D eigenvalue weighted by Gasteiger charge is 2.30. The van der Waals surface area contributed by atoms with Gasteiger partial charge in [-0.25, -0.2) is 0 Å². The molecule has 2 heterocycles. The molecule has 3 aromatic carbocycles. The van der Waals surface area contributed by atoms with Gasteiger partial charge in [0.2, 0.25) is 0 Å². The molecule has 0 spiro atoms. The highest BCUT2D eigenvalue weighted by Crippen LogP contribution is 2.36. The average Bonchev–Trinajstić information content (AvgIpc) is 3.29. The molecule has 5 rings (SSSR count). The van der Waals surface area contributed by atoms with Gasteiger partial charge in [-0.15, -0.1) is 0 Å². The summed E-state index contributed by atoms with van der Waals surface area (Å²) in [6.45, 7) is 4.45. The molecule has 7 nitrogen and oxygen atoms in total. The van der Waals surface area contributed by atoms with Gasteiger partial charge in [0.25, 0.3) is 11.8 Å². The van der Waals surface area contributed by atoms with Crippen LogP contribution in [0.2, 0.25) is 0 Å². The van der Waals surface area contributed by atoms with E-state index in [2.05, 4.69) is 21.6 Å². The predicted octanol–water partition coefficient (Wildman–Crippen LogP) is 5.70. The van der Waals surface area contributed by atoms with Crippen LogP contribution in [0.25, 0.3) is 11.1 Å². The number of amides is 2. The van der Waals surface area contributed by atoms with Crippen molar-refractivity contribution >= 4 is 17.5 Å². The number of nitrogens with zero attached hydrogens (tertiary/aromatic N) is 4. The van der Waals surface area contributed by atoms with Gasteiger partial charge in [0.1, 0.15) is 11.4 Å². The Balaban J connectivity index is 1.49. The molecule has 0 bridgehead atoms. The molecule has 0 unspecified atom stereocenters. The van der Waals surface area contributed by atoms with E-state index < -0.39 is 0 Å². The first-order valence-corrected chi connectivity index (χ1v) is 14.0. The number of carbonyl (C=O) groups is 2. The largest absolute Gasteiger partial charge is 0.496 e. The van der Waals surface area contributed by atoms with E-state index in [1.54, 1.807) is 12.0 Å². The summed E-state index contributed by atoms with van der Waals surface area (Å²) in [4.78, 5) is 33.5. The third-order valence-electron chi connectivity index (χ3n) is 7.84. The maximum Gasteiger partial charge on any atom is 0.270 e. The van der Waals surface area contributed by atoms with Crippen molar-refractivity contribution in [2.75, 3.05) is 46.2 Å². The fourth-order valence-electron chi connectivity index (χ4n) is 5.65. The molecular weight excluding hydrogens is 512 g/mol. The van der Waals surface area contributed by atoms with Crippen LogP contribution < -0.4 is 9.64 Å². The summed E-state index contributed by atoms with van der Waals surface area (Å²) in [5.41, 5.74) is 6.90. The number of para-hydroxylation sites is 1. The summed E-state index contributed by atoms with van der Waals surface area (Å²) in [5, 5.41) is 0. The molecule has 0 fully saturated rings. The van der Waals surface area contributed by atoms with E-state index in [0.29, 0.717) is 36.6 Å². The normalized spacial score (nSPS) is 12.5. The van der Waals surface area contributed by atoms with Gasteiger partial charge in [0.05, 0.1) is 25.8 Å². The van der Waals surface area contributed by atoms with Crippen molar-refractivity contribution in [1.29, 1.82) is 0 Å². The third-order valence-corrected chi connectivity index (χ3v) is 7.84. The van der Waals surface area contributed by atoms with Crippen molar-refractivity contribution in [3.05, 3.63) is 107 Å². The van der Waals surface area contributed by atoms with Gasteiger partial charge >= 0.3 is 0 Å². The Hall–Kier alpha value is -4.36. The monoisotopic (exact) mass is 550 g/mol. The first-order valence-electron chi connectivity index (χ1n) is 14.0. The molecule has 212 valence electrons. The molecule has 0 radical (unpaired) electrons. The Morgan fingerprint density at radius 1 is 0.854 bits per heavy atom. The van der Waals surface area contributed by atoms with E-state index in [0.717, 1.165) is 46.6 Å². The quantitative estimate of drug-likeness (QED) is 0.282. The number of aromatic nitrogens is 1. The Morgan fingerprint density at radius 2 is 1.59 bits per heavy atom.